The summed E-state index contributed by atoms with van der Waals surface area (Å²) >= 11 is 5.34. The quantitative estimate of drug-likeness (QED) is 0.907. The third-order valence-electron chi connectivity index (χ3n) is 3.12. The van der Waals surface area contributed by atoms with E-state index in [9.17, 15) is 0 Å². The maximum Gasteiger partial charge on any atom is 0.0413 e. The molecule has 4 heteroatoms. The Bertz CT molecular complexity index is 318. The Morgan fingerprint density at radius 1 is 1.53 bits per heavy atom. The van der Waals surface area contributed by atoms with E-state index in [4.69, 9.17) is 5.73 Å². The molecule has 0 saturated carbocycles. The van der Waals surface area contributed by atoms with Gasteiger partial charge in [-0.2, -0.15) is 0 Å². The van der Waals surface area contributed by atoms with Crippen molar-refractivity contribution in [3.8, 4) is 0 Å². The number of thiophene rings is 1. The smallest absolute Gasteiger partial charge is 0.0413 e. The molecular formula is C11H17BrN2S. The molecule has 1 saturated heterocycles. The predicted octanol–water partition coefficient (Wildman–Crippen LogP) is 2.99. The number of piperidine rings is 1. The molecule has 1 aromatic heterocycles. The standard InChI is InChI=1S/C11H17BrN2S/c1-8(11-6-9(12)7-15-11)14-4-2-10(13)3-5-14/h6-8,10H,2-5,13H2,1H3. The zero-order chi connectivity index (χ0) is 10.8. The van der Waals surface area contributed by atoms with Gasteiger partial charge in [0.1, 0.15) is 0 Å². The Morgan fingerprint density at radius 2 is 2.20 bits per heavy atom. The van der Waals surface area contributed by atoms with Gasteiger partial charge in [0.15, 0.2) is 0 Å². The highest BCUT2D eigenvalue weighted by atomic mass is 79.9. The lowest BCUT2D eigenvalue weighted by molar-refractivity contribution is 0.165. The summed E-state index contributed by atoms with van der Waals surface area (Å²) in [5.41, 5.74) is 5.91. The summed E-state index contributed by atoms with van der Waals surface area (Å²) in [5, 5.41) is 2.15. The predicted molar refractivity (Wildman–Crippen MR) is 69.2 cm³/mol. The second kappa shape index (κ2) is 4.95. The molecule has 1 unspecified atom stereocenters. The van der Waals surface area contributed by atoms with E-state index in [1.807, 2.05) is 11.3 Å². The summed E-state index contributed by atoms with van der Waals surface area (Å²) < 4.78 is 1.20. The highest BCUT2D eigenvalue weighted by molar-refractivity contribution is 9.10. The lowest BCUT2D eigenvalue weighted by Gasteiger charge is -2.34. The van der Waals surface area contributed by atoms with Crippen molar-refractivity contribution >= 4 is 27.3 Å². The third-order valence-corrected chi connectivity index (χ3v) is 4.99. The maximum absolute atomic E-state index is 5.91. The van der Waals surface area contributed by atoms with Crippen LogP contribution in [0.25, 0.3) is 0 Å². The number of nitrogens with zero attached hydrogens (tertiary/aromatic N) is 1. The molecule has 1 aliphatic rings. The molecule has 2 heterocycles. The lowest BCUT2D eigenvalue weighted by atomic mass is 10.0. The number of rotatable bonds is 2. The third kappa shape index (κ3) is 2.81. The Balaban J connectivity index is 1.99. The van der Waals surface area contributed by atoms with Gasteiger partial charge < -0.3 is 5.73 Å². The van der Waals surface area contributed by atoms with Gasteiger partial charge in [-0.3, -0.25) is 4.90 Å². The number of halogens is 1. The van der Waals surface area contributed by atoms with Crippen molar-refractivity contribution in [3.63, 3.8) is 0 Å². The Morgan fingerprint density at radius 3 is 2.73 bits per heavy atom. The van der Waals surface area contributed by atoms with Crippen LogP contribution in [0.2, 0.25) is 0 Å². The molecule has 1 fully saturated rings. The lowest BCUT2D eigenvalue weighted by Crippen LogP contribution is -2.40. The van der Waals surface area contributed by atoms with Crippen LogP contribution in [-0.2, 0) is 0 Å². The minimum absolute atomic E-state index is 0.420. The first-order chi connectivity index (χ1) is 7.16. The zero-order valence-corrected chi connectivity index (χ0v) is 11.4. The number of hydrogen-bond acceptors (Lipinski definition) is 3. The molecule has 1 atom stereocenters. The minimum atomic E-state index is 0.420. The SMILES string of the molecule is CC(c1cc(Br)cs1)N1CCC(N)CC1. The number of likely N-dealkylation sites (tertiary alicyclic amines) is 1. The van der Waals surface area contributed by atoms with Gasteiger partial charge in [0.25, 0.3) is 0 Å². The topological polar surface area (TPSA) is 29.3 Å². The van der Waals surface area contributed by atoms with Crippen LogP contribution in [0, 0.1) is 0 Å². The van der Waals surface area contributed by atoms with Crippen molar-refractivity contribution in [1.82, 2.24) is 4.90 Å². The molecular weight excluding hydrogens is 272 g/mol. The summed E-state index contributed by atoms with van der Waals surface area (Å²) in [5.74, 6) is 0. The zero-order valence-electron chi connectivity index (χ0n) is 8.95. The van der Waals surface area contributed by atoms with Crippen LogP contribution in [0.5, 0.6) is 0 Å². The van der Waals surface area contributed by atoms with Crippen molar-refractivity contribution in [1.29, 1.82) is 0 Å². The first-order valence-corrected chi connectivity index (χ1v) is 7.07. The van der Waals surface area contributed by atoms with Gasteiger partial charge in [0.05, 0.1) is 0 Å². The maximum atomic E-state index is 5.91. The van der Waals surface area contributed by atoms with Crippen LogP contribution in [0.15, 0.2) is 15.9 Å². The van der Waals surface area contributed by atoms with E-state index in [1.54, 1.807) is 0 Å². The van der Waals surface area contributed by atoms with Crippen LogP contribution in [-0.4, -0.2) is 24.0 Å². The van der Waals surface area contributed by atoms with Gasteiger partial charge in [0.2, 0.25) is 0 Å². The average molecular weight is 289 g/mol. The van der Waals surface area contributed by atoms with E-state index in [-0.39, 0.29) is 0 Å². The number of nitrogens with two attached hydrogens (primary N) is 1. The fraction of sp³-hybridized carbons (Fsp3) is 0.636. The van der Waals surface area contributed by atoms with E-state index >= 15 is 0 Å². The molecule has 2 rings (SSSR count). The molecule has 0 amide bonds. The summed E-state index contributed by atoms with van der Waals surface area (Å²) in [6.45, 7) is 4.56. The molecule has 0 radical (unpaired) electrons. The molecule has 15 heavy (non-hydrogen) atoms. The number of hydrogen-bond donors (Lipinski definition) is 1. The van der Waals surface area contributed by atoms with Gasteiger partial charge >= 0.3 is 0 Å². The molecule has 2 nitrogen and oxygen atoms in total. The van der Waals surface area contributed by atoms with Gasteiger partial charge in [-0.1, -0.05) is 0 Å². The Kier molecular flexibility index (Phi) is 3.83. The van der Waals surface area contributed by atoms with Gasteiger partial charge in [-0.25, -0.2) is 0 Å². The molecule has 1 aromatic rings. The first kappa shape index (κ1) is 11.6. The van der Waals surface area contributed by atoms with E-state index < -0.39 is 0 Å². The molecule has 0 spiro atoms. The van der Waals surface area contributed by atoms with Crippen molar-refractivity contribution < 1.29 is 0 Å². The van der Waals surface area contributed by atoms with Crippen molar-refractivity contribution in [2.24, 2.45) is 5.73 Å². The van der Waals surface area contributed by atoms with Crippen LogP contribution in [0.3, 0.4) is 0 Å². The second-order valence-corrected chi connectivity index (χ2v) is 6.08. The van der Waals surface area contributed by atoms with Crippen LogP contribution in [0.1, 0.15) is 30.7 Å². The molecule has 0 aromatic carbocycles. The van der Waals surface area contributed by atoms with E-state index in [0.29, 0.717) is 12.1 Å². The molecule has 1 aliphatic heterocycles. The fourth-order valence-electron chi connectivity index (χ4n) is 2.03. The van der Waals surface area contributed by atoms with Crippen molar-refractivity contribution in [2.45, 2.75) is 31.8 Å². The fourth-order valence-corrected chi connectivity index (χ4v) is 3.57. The second-order valence-electron chi connectivity index (χ2n) is 4.22. The summed E-state index contributed by atoms with van der Waals surface area (Å²) in [6.07, 6.45) is 2.27. The van der Waals surface area contributed by atoms with E-state index in [1.165, 1.54) is 9.35 Å². The summed E-state index contributed by atoms with van der Waals surface area (Å²) in [6, 6.07) is 3.18. The van der Waals surface area contributed by atoms with Crippen LogP contribution >= 0.6 is 27.3 Å². The minimum Gasteiger partial charge on any atom is -0.328 e. The Hall–Kier alpha value is 0.1000. The highest BCUT2D eigenvalue weighted by Gasteiger charge is 2.22. The average Bonchev–Trinajstić information content (AvgIpc) is 2.65. The molecule has 84 valence electrons. The monoisotopic (exact) mass is 288 g/mol. The highest BCUT2D eigenvalue weighted by Crippen LogP contribution is 2.30. The van der Waals surface area contributed by atoms with Gasteiger partial charge in [-0.15, -0.1) is 11.3 Å². The van der Waals surface area contributed by atoms with Crippen molar-refractivity contribution in [2.75, 3.05) is 13.1 Å². The largest absolute Gasteiger partial charge is 0.328 e. The molecule has 0 aliphatic carbocycles. The van der Waals surface area contributed by atoms with Gasteiger partial charge in [-0.05, 0) is 41.8 Å². The molecule has 2 N–H and O–H groups in total. The van der Waals surface area contributed by atoms with E-state index in [0.717, 1.165) is 25.9 Å². The van der Waals surface area contributed by atoms with E-state index in [2.05, 4.69) is 39.2 Å². The Labute approximate surface area is 104 Å². The van der Waals surface area contributed by atoms with Crippen LogP contribution in [0.4, 0.5) is 0 Å². The first-order valence-electron chi connectivity index (χ1n) is 5.40. The molecule has 0 bridgehead atoms. The summed E-state index contributed by atoms with van der Waals surface area (Å²) in [7, 11) is 0. The van der Waals surface area contributed by atoms with Gasteiger partial charge in [0, 0.05) is 39.9 Å². The normalized spacial score (nSPS) is 21.8. The summed E-state index contributed by atoms with van der Waals surface area (Å²) in [4.78, 5) is 3.97. The van der Waals surface area contributed by atoms with Crippen molar-refractivity contribution in [3.05, 3.63) is 20.8 Å². The van der Waals surface area contributed by atoms with Crippen LogP contribution < -0.4 is 5.73 Å².